The number of rotatable bonds is 13. The summed E-state index contributed by atoms with van der Waals surface area (Å²) in [6.07, 6.45) is 5.51. The molecule has 1 aliphatic heterocycles. The molecule has 1 atom stereocenters. The van der Waals surface area contributed by atoms with Crippen molar-refractivity contribution in [3.05, 3.63) is 69.4 Å². The van der Waals surface area contributed by atoms with Crippen LogP contribution in [0.2, 0.25) is 10.0 Å². The molecule has 1 N–H and O–H groups in total. The number of fused-ring (bicyclic) bond motifs is 2. The van der Waals surface area contributed by atoms with Crippen LogP contribution in [0.1, 0.15) is 44.1 Å². The van der Waals surface area contributed by atoms with Crippen molar-refractivity contribution in [2.75, 3.05) is 23.8 Å². The third kappa shape index (κ3) is 8.31. The number of allylic oxidation sites excluding steroid dienone is 2. The van der Waals surface area contributed by atoms with Crippen LogP contribution in [0, 0.1) is 6.92 Å². The maximum atomic E-state index is 11.1. The number of hydrogen-bond donors (Lipinski definition) is 1. The second-order valence-corrected chi connectivity index (χ2v) is 12.5. The Morgan fingerprint density at radius 2 is 2.00 bits per heavy atom. The van der Waals surface area contributed by atoms with Crippen LogP contribution in [0.25, 0.3) is 17.2 Å². The quantitative estimate of drug-likeness (QED) is 0.107. The predicted molar refractivity (Wildman–Crippen MR) is 157 cm³/mol. The first-order valence-electron chi connectivity index (χ1n) is 12.9. The summed E-state index contributed by atoms with van der Waals surface area (Å²) in [6.45, 7) is 4.81. The van der Waals surface area contributed by atoms with Gasteiger partial charge in [-0.2, -0.15) is 8.78 Å². The van der Waals surface area contributed by atoms with Crippen molar-refractivity contribution in [2.45, 2.75) is 46.1 Å². The molecule has 2 heterocycles. The van der Waals surface area contributed by atoms with Crippen molar-refractivity contribution in [1.29, 1.82) is 0 Å². The third-order valence-electron chi connectivity index (χ3n) is 6.47. The summed E-state index contributed by atoms with van der Waals surface area (Å²) < 4.78 is 72.1. The number of halogens is 2. The van der Waals surface area contributed by atoms with E-state index in [0.717, 1.165) is 22.3 Å². The Morgan fingerprint density at radius 3 is 2.71 bits per heavy atom. The van der Waals surface area contributed by atoms with Gasteiger partial charge < -0.3 is 18.6 Å². The average molecular weight is 646 g/mol. The Bertz CT molecular complexity index is 1620. The van der Waals surface area contributed by atoms with Crippen LogP contribution in [0.3, 0.4) is 0 Å². The fourth-order valence-electron chi connectivity index (χ4n) is 4.44. The van der Waals surface area contributed by atoms with Crippen molar-refractivity contribution < 1.29 is 39.6 Å². The molecule has 10 nitrogen and oxygen atoms in total. The minimum absolute atomic E-state index is 0.0773. The lowest BCUT2D eigenvalue weighted by Gasteiger charge is -2.18. The number of aromatic nitrogens is 1. The second-order valence-electron chi connectivity index (χ2n) is 9.44. The topological polar surface area (TPSA) is 133 Å². The third-order valence-corrected chi connectivity index (χ3v) is 8.27. The highest BCUT2D eigenvalue weighted by Crippen LogP contribution is 2.41. The van der Waals surface area contributed by atoms with Crippen LogP contribution < -0.4 is 14.2 Å². The molecule has 0 saturated heterocycles. The maximum absolute atomic E-state index is 11.1. The van der Waals surface area contributed by atoms with E-state index in [2.05, 4.69) is 0 Å². The summed E-state index contributed by atoms with van der Waals surface area (Å²) in [5, 5.41) is 1.11. The van der Waals surface area contributed by atoms with Crippen molar-refractivity contribution in [1.82, 2.24) is 0 Å². The van der Waals surface area contributed by atoms with Crippen molar-refractivity contribution in [2.24, 2.45) is 0 Å². The van der Waals surface area contributed by atoms with Crippen LogP contribution in [-0.4, -0.2) is 40.6 Å². The summed E-state index contributed by atoms with van der Waals surface area (Å²) in [5.41, 5.74) is 3.86. The molecule has 1 aliphatic rings. The number of hydrogen-bond acceptors (Lipinski definition) is 8. The lowest BCUT2D eigenvalue weighted by Crippen LogP contribution is -2.35. The molecule has 0 fully saturated rings. The number of benzene rings is 2. The first kappa shape index (κ1) is 31.5. The van der Waals surface area contributed by atoms with E-state index in [0.29, 0.717) is 65.5 Å². The summed E-state index contributed by atoms with van der Waals surface area (Å²) >= 11 is 10.3. The van der Waals surface area contributed by atoms with E-state index in [4.69, 9.17) is 41.1 Å². The van der Waals surface area contributed by atoms with Gasteiger partial charge in [-0.15, -0.1) is 0 Å². The molecule has 0 bridgehead atoms. The van der Waals surface area contributed by atoms with E-state index in [9.17, 15) is 17.2 Å². The van der Waals surface area contributed by atoms with E-state index >= 15 is 0 Å². The molecule has 3 aromatic rings. The molecule has 222 valence electrons. The van der Waals surface area contributed by atoms with Gasteiger partial charge >= 0.3 is 17.3 Å². The number of anilines is 1. The maximum Gasteiger partial charge on any atom is 0.374 e. The van der Waals surface area contributed by atoms with Gasteiger partial charge in [0.05, 0.1) is 33.5 Å². The number of nitrogens with zero attached hydrogens (tertiary/aromatic N) is 2. The summed E-state index contributed by atoms with van der Waals surface area (Å²) in [5.74, 6) is 1.27. The van der Waals surface area contributed by atoms with E-state index in [-0.39, 0.29) is 13.0 Å². The normalized spacial score (nSPS) is 15.5. The van der Waals surface area contributed by atoms with Crippen molar-refractivity contribution in [3.63, 3.8) is 0 Å². The highest BCUT2D eigenvalue weighted by atomic mass is 35.5. The van der Waals surface area contributed by atoms with E-state index in [1.54, 1.807) is 18.2 Å². The van der Waals surface area contributed by atoms with Crippen LogP contribution in [0.4, 0.5) is 5.69 Å². The lowest BCUT2D eigenvalue weighted by atomic mass is 10.1. The summed E-state index contributed by atoms with van der Waals surface area (Å²) in [7, 11) is -4.30. The van der Waals surface area contributed by atoms with Crippen LogP contribution >= 0.6 is 23.2 Å². The number of oxazole rings is 1. The van der Waals surface area contributed by atoms with Crippen LogP contribution in [0.5, 0.6) is 5.75 Å². The van der Waals surface area contributed by atoms with Crippen LogP contribution in [-0.2, 0) is 32.2 Å². The molecule has 41 heavy (non-hydrogen) atoms. The predicted octanol–water partition coefficient (Wildman–Crippen LogP) is 5.74. The van der Waals surface area contributed by atoms with E-state index < -0.39 is 27.2 Å². The molecule has 0 spiro atoms. The standard InChI is InChI=1S/C27H30Cl2N2O8S2/c1-3-19(14-26-31(10-6-11-37-40(32)33)22-16-20(28)7-8-24(22)38-26)15-27-30(9-4-5-12-41(34,35)36)23-17-21(29)18(2)13-25(23)39-27/h7-8,13-17H,3-6,9-12H2,1-2H3,(H-,32,33,34,35,36). The molecular formula is C27H30Cl2N2O8S2. The van der Waals surface area contributed by atoms with Gasteiger partial charge in [-0.1, -0.05) is 30.1 Å². The van der Waals surface area contributed by atoms with Gasteiger partial charge in [0.15, 0.2) is 12.3 Å². The van der Waals surface area contributed by atoms with E-state index in [1.807, 2.05) is 47.6 Å². The minimum Gasteiger partial charge on any atom is -0.748 e. The van der Waals surface area contributed by atoms with Gasteiger partial charge in [0, 0.05) is 35.9 Å². The number of unbranched alkanes of at least 4 members (excludes halogenated alkanes) is 1. The summed E-state index contributed by atoms with van der Waals surface area (Å²) in [4.78, 5) is 1.92. The SMILES string of the molecule is CCC(=Cc1oc2cc(C)c(Cl)cc2[n+]1CCCCS(=O)(=O)[O-])C=C1Oc2ccc(Cl)cc2N1CCCOS(=O)O. The number of aryl methyl sites for hydroxylation is 2. The minimum atomic E-state index is -4.30. The number of ether oxygens (including phenoxy) is 1. The molecular weight excluding hydrogens is 615 g/mol. The first-order valence-corrected chi connectivity index (χ1v) is 16.3. The molecule has 0 saturated carbocycles. The Labute approximate surface area is 251 Å². The van der Waals surface area contributed by atoms with Gasteiger partial charge in [-0.25, -0.2) is 8.42 Å². The lowest BCUT2D eigenvalue weighted by molar-refractivity contribution is -0.678. The summed E-state index contributed by atoms with van der Waals surface area (Å²) in [6, 6.07) is 8.96. The van der Waals surface area contributed by atoms with Gasteiger partial charge in [-0.05, 0) is 61.6 Å². The Kier molecular flexibility index (Phi) is 10.5. The van der Waals surface area contributed by atoms with Gasteiger partial charge in [-0.3, -0.25) is 8.74 Å². The van der Waals surface area contributed by atoms with Gasteiger partial charge in [0.25, 0.3) is 5.52 Å². The zero-order valence-electron chi connectivity index (χ0n) is 22.5. The Balaban J connectivity index is 1.68. The molecule has 0 amide bonds. The van der Waals surface area contributed by atoms with Crippen molar-refractivity contribution >= 4 is 67.5 Å². The Hall–Kier alpha value is -2.45. The average Bonchev–Trinajstić information content (AvgIpc) is 3.39. The van der Waals surface area contributed by atoms with Crippen molar-refractivity contribution in [3.8, 4) is 5.75 Å². The monoisotopic (exact) mass is 644 g/mol. The molecule has 14 heteroatoms. The molecule has 4 rings (SSSR count). The molecule has 0 radical (unpaired) electrons. The fraction of sp³-hybridized carbons (Fsp3) is 0.370. The highest BCUT2D eigenvalue weighted by Gasteiger charge is 2.27. The zero-order valence-corrected chi connectivity index (χ0v) is 25.6. The molecule has 0 aliphatic carbocycles. The van der Waals surface area contributed by atoms with Gasteiger partial charge in [0.1, 0.15) is 0 Å². The zero-order chi connectivity index (χ0) is 29.7. The first-order chi connectivity index (χ1) is 19.4. The molecule has 1 aromatic heterocycles. The van der Waals surface area contributed by atoms with Crippen LogP contribution in [0.15, 0.2) is 52.3 Å². The molecule has 2 aromatic carbocycles. The highest BCUT2D eigenvalue weighted by molar-refractivity contribution is 7.85. The Morgan fingerprint density at radius 1 is 1.22 bits per heavy atom. The second kappa shape index (κ2) is 13.7. The smallest absolute Gasteiger partial charge is 0.374 e. The van der Waals surface area contributed by atoms with Gasteiger partial charge in [0.2, 0.25) is 11.5 Å². The largest absolute Gasteiger partial charge is 0.748 e. The van der Waals surface area contributed by atoms with E-state index in [1.165, 1.54) is 0 Å². The fourth-order valence-corrected chi connectivity index (χ4v) is 5.58. The molecule has 1 unspecified atom stereocenters.